The Bertz CT molecular complexity index is 473. The van der Waals surface area contributed by atoms with Crippen LogP contribution in [0.3, 0.4) is 0 Å². The molecule has 2 nitrogen and oxygen atoms in total. The lowest BCUT2D eigenvalue weighted by Gasteiger charge is -2.61. The number of carbonyl (C=O) groups excluding carboxylic acids is 2. The van der Waals surface area contributed by atoms with Crippen LogP contribution in [0, 0.1) is 59.2 Å². The van der Waals surface area contributed by atoms with E-state index in [1.807, 2.05) is 0 Å². The SMILES string of the molecule is O=C1C2C3C(=O)C4C1C1C2C2C=CC2C3C41. The summed E-state index contributed by atoms with van der Waals surface area (Å²) in [5.74, 6) is 5.42. The Morgan fingerprint density at radius 3 is 1.38 bits per heavy atom. The summed E-state index contributed by atoms with van der Waals surface area (Å²) >= 11 is 0. The molecule has 0 amide bonds. The minimum Gasteiger partial charge on any atom is -0.299 e. The van der Waals surface area contributed by atoms with Crippen LogP contribution in [-0.4, -0.2) is 11.6 Å². The van der Waals surface area contributed by atoms with Gasteiger partial charge in [-0.1, -0.05) is 12.2 Å². The molecule has 0 spiro atoms. The quantitative estimate of drug-likeness (QED) is 0.560. The molecule has 7 aliphatic carbocycles. The van der Waals surface area contributed by atoms with E-state index < -0.39 is 0 Å². The summed E-state index contributed by atoms with van der Waals surface area (Å²) in [6.45, 7) is 0. The highest BCUT2D eigenvalue weighted by Crippen LogP contribution is 2.81. The second-order valence-corrected chi connectivity index (χ2v) is 6.76. The highest BCUT2D eigenvalue weighted by molar-refractivity contribution is 6.06. The van der Waals surface area contributed by atoms with Crippen LogP contribution in [0.5, 0.6) is 0 Å². The van der Waals surface area contributed by atoms with Crippen LogP contribution in [0.15, 0.2) is 12.2 Å². The summed E-state index contributed by atoms with van der Waals surface area (Å²) in [5.41, 5.74) is 0. The highest BCUT2D eigenvalue weighted by Gasteiger charge is 2.84. The Morgan fingerprint density at radius 1 is 0.625 bits per heavy atom. The average molecular weight is 212 g/mol. The van der Waals surface area contributed by atoms with Crippen molar-refractivity contribution < 1.29 is 9.59 Å². The zero-order valence-electron chi connectivity index (χ0n) is 8.74. The Hall–Kier alpha value is -0.920. The van der Waals surface area contributed by atoms with E-state index in [4.69, 9.17) is 0 Å². The average Bonchev–Trinajstić information content (AvgIpc) is 2.41. The lowest BCUT2D eigenvalue weighted by molar-refractivity contribution is -0.146. The van der Waals surface area contributed by atoms with Gasteiger partial charge >= 0.3 is 0 Å². The van der Waals surface area contributed by atoms with E-state index in [-0.39, 0.29) is 23.7 Å². The molecule has 0 N–H and O–H groups in total. The van der Waals surface area contributed by atoms with Crippen LogP contribution in [0.25, 0.3) is 0 Å². The maximum absolute atomic E-state index is 12.3. The van der Waals surface area contributed by atoms with Gasteiger partial charge < -0.3 is 0 Å². The number of fused-ring (bicyclic) bond motifs is 1. The first-order valence-electron chi connectivity index (χ1n) is 6.56. The minimum atomic E-state index is 0.161. The molecule has 10 atom stereocenters. The second kappa shape index (κ2) is 1.75. The number of hydrogen-bond acceptors (Lipinski definition) is 2. The van der Waals surface area contributed by atoms with Crippen molar-refractivity contribution in [1.29, 1.82) is 0 Å². The van der Waals surface area contributed by atoms with E-state index in [0.29, 0.717) is 47.1 Å². The first-order chi connectivity index (χ1) is 7.80. The molecule has 6 saturated carbocycles. The van der Waals surface area contributed by atoms with Gasteiger partial charge in [0.25, 0.3) is 0 Å². The van der Waals surface area contributed by atoms with Crippen molar-refractivity contribution in [2.24, 2.45) is 59.2 Å². The fraction of sp³-hybridized carbons (Fsp3) is 0.714. The van der Waals surface area contributed by atoms with E-state index in [2.05, 4.69) is 12.2 Å². The lowest BCUT2D eigenvalue weighted by Crippen LogP contribution is -2.59. The van der Waals surface area contributed by atoms with Gasteiger partial charge in [-0.05, 0) is 35.5 Å². The van der Waals surface area contributed by atoms with Crippen molar-refractivity contribution >= 4 is 11.6 Å². The molecule has 7 rings (SSSR count). The summed E-state index contributed by atoms with van der Waals surface area (Å²) in [6.07, 6.45) is 4.64. The molecule has 2 heteroatoms. The fourth-order valence-corrected chi connectivity index (χ4v) is 6.80. The third-order valence-electron chi connectivity index (χ3n) is 6.97. The van der Waals surface area contributed by atoms with Crippen molar-refractivity contribution in [2.75, 3.05) is 0 Å². The maximum Gasteiger partial charge on any atom is 0.141 e. The van der Waals surface area contributed by atoms with Crippen molar-refractivity contribution in [1.82, 2.24) is 0 Å². The third-order valence-corrected chi connectivity index (χ3v) is 6.97. The van der Waals surface area contributed by atoms with Crippen LogP contribution < -0.4 is 0 Å². The largest absolute Gasteiger partial charge is 0.299 e. The summed E-state index contributed by atoms with van der Waals surface area (Å²) in [5, 5.41) is 0. The molecule has 16 heavy (non-hydrogen) atoms. The lowest BCUT2D eigenvalue weighted by atomic mass is 9.42. The van der Waals surface area contributed by atoms with E-state index in [1.165, 1.54) is 0 Å². The van der Waals surface area contributed by atoms with Crippen molar-refractivity contribution in [3.63, 3.8) is 0 Å². The standard InChI is InChI=1S/C14H12O2/c15-13-9-5-3-1-2-4(3)6-8-7(5)11(13)12(8)14(16)10(6)9/h1-12H. The molecule has 0 aromatic rings. The molecule has 0 aromatic carbocycles. The van der Waals surface area contributed by atoms with E-state index in [0.717, 1.165) is 0 Å². The van der Waals surface area contributed by atoms with Crippen LogP contribution in [0.2, 0.25) is 0 Å². The van der Waals surface area contributed by atoms with Crippen molar-refractivity contribution in [3.8, 4) is 0 Å². The van der Waals surface area contributed by atoms with Gasteiger partial charge in [0.1, 0.15) is 11.6 Å². The molecule has 6 bridgehead atoms. The molecule has 6 fully saturated rings. The predicted molar refractivity (Wildman–Crippen MR) is 54.1 cm³/mol. The molecule has 80 valence electrons. The first-order valence-corrected chi connectivity index (χ1v) is 6.56. The van der Waals surface area contributed by atoms with Crippen molar-refractivity contribution in [3.05, 3.63) is 12.2 Å². The van der Waals surface area contributed by atoms with E-state index >= 15 is 0 Å². The van der Waals surface area contributed by atoms with Gasteiger partial charge in [0.15, 0.2) is 0 Å². The van der Waals surface area contributed by atoms with Crippen molar-refractivity contribution in [2.45, 2.75) is 0 Å². The topological polar surface area (TPSA) is 34.1 Å². The molecule has 7 aliphatic rings. The summed E-state index contributed by atoms with van der Waals surface area (Å²) in [6, 6.07) is 0. The van der Waals surface area contributed by atoms with Crippen LogP contribution in [0.4, 0.5) is 0 Å². The van der Waals surface area contributed by atoms with E-state index in [9.17, 15) is 9.59 Å². The Labute approximate surface area is 93.1 Å². The van der Waals surface area contributed by atoms with Crippen LogP contribution >= 0.6 is 0 Å². The molecular weight excluding hydrogens is 200 g/mol. The van der Waals surface area contributed by atoms with E-state index in [1.54, 1.807) is 0 Å². The normalized spacial score (nSPS) is 74.2. The van der Waals surface area contributed by atoms with Gasteiger partial charge in [-0.3, -0.25) is 9.59 Å². The van der Waals surface area contributed by atoms with Crippen LogP contribution in [0.1, 0.15) is 0 Å². The smallest absolute Gasteiger partial charge is 0.141 e. The molecule has 0 radical (unpaired) electrons. The number of allylic oxidation sites excluding steroid dienone is 2. The van der Waals surface area contributed by atoms with Gasteiger partial charge in [0.2, 0.25) is 0 Å². The molecule has 0 aliphatic heterocycles. The number of ketones is 2. The molecular formula is C14H12O2. The van der Waals surface area contributed by atoms with Gasteiger partial charge in [0, 0.05) is 23.7 Å². The molecule has 10 unspecified atom stereocenters. The number of rotatable bonds is 0. The Kier molecular flexibility index (Phi) is 0.812. The summed E-state index contributed by atoms with van der Waals surface area (Å²) in [4.78, 5) is 24.6. The van der Waals surface area contributed by atoms with Crippen LogP contribution in [-0.2, 0) is 9.59 Å². The number of carbonyl (C=O) groups is 2. The predicted octanol–water partition coefficient (Wildman–Crippen LogP) is 0.924. The summed E-state index contributed by atoms with van der Waals surface area (Å²) in [7, 11) is 0. The number of Topliss-reactive ketones (excluding diaryl/α,β-unsaturated/α-hetero) is 2. The molecule has 0 saturated heterocycles. The second-order valence-electron chi connectivity index (χ2n) is 6.76. The maximum atomic E-state index is 12.3. The zero-order valence-corrected chi connectivity index (χ0v) is 8.74. The molecule has 0 heterocycles. The molecule has 0 aromatic heterocycles. The van der Waals surface area contributed by atoms with Gasteiger partial charge in [0.05, 0.1) is 0 Å². The third kappa shape index (κ3) is 0.412. The monoisotopic (exact) mass is 212 g/mol. The minimum absolute atomic E-state index is 0.161. The van der Waals surface area contributed by atoms with Gasteiger partial charge in [-0.25, -0.2) is 0 Å². The number of hydrogen-bond donors (Lipinski definition) is 0. The highest BCUT2D eigenvalue weighted by atomic mass is 16.1. The first kappa shape index (κ1) is 7.41. The summed E-state index contributed by atoms with van der Waals surface area (Å²) < 4.78 is 0. The fourth-order valence-electron chi connectivity index (χ4n) is 6.80. The zero-order chi connectivity index (χ0) is 10.3. The Balaban J connectivity index is 1.72. The van der Waals surface area contributed by atoms with Gasteiger partial charge in [-0.15, -0.1) is 0 Å². The van der Waals surface area contributed by atoms with Gasteiger partial charge in [-0.2, -0.15) is 0 Å². The Morgan fingerprint density at radius 2 is 1.00 bits per heavy atom.